The Bertz CT molecular complexity index is 1250. The van der Waals surface area contributed by atoms with Gasteiger partial charge in [-0.15, -0.1) is 0 Å². The lowest BCUT2D eigenvalue weighted by molar-refractivity contribution is -0.136. The van der Waals surface area contributed by atoms with Crippen molar-refractivity contribution in [2.45, 2.75) is 12.5 Å². The summed E-state index contributed by atoms with van der Waals surface area (Å²) in [6, 6.07) is 20.4. The molecule has 6 nitrogen and oxygen atoms in total. The Morgan fingerprint density at radius 2 is 1.64 bits per heavy atom. The van der Waals surface area contributed by atoms with Crippen molar-refractivity contribution < 1.29 is 24.2 Å². The largest absolute Gasteiger partial charge is 0.465 e. The van der Waals surface area contributed by atoms with Gasteiger partial charge in [-0.25, -0.2) is 4.79 Å². The molecule has 3 aromatic carbocycles. The second-order valence-electron chi connectivity index (χ2n) is 7.80. The number of amides is 2. The summed E-state index contributed by atoms with van der Waals surface area (Å²) in [7, 11) is 1.32. The molecule has 0 radical (unpaired) electrons. The van der Waals surface area contributed by atoms with E-state index in [1.807, 2.05) is 48.5 Å². The molecule has 1 N–H and O–H groups in total. The van der Waals surface area contributed by atoms with E-state index in [2.05, 4.69) is 0 Å². The summed E-state index contributed by atoms with van der Waals surface area (Å²) in [5.41, 5.74) is 2.67. The van der Waals surface area contributed by atoms with Gasteiger partial charge in [0, 0.05) is 18.6 Å². The number of benzene rings is 3. The quantitative estimate of drug-likeness (QED) is 0.442. The van der Waals surface area contributed by atoms with Crippen LogP contribution in [0, 0.1) is 0 Å². The molecule has 0 saturated carbocycles. The van der Waals surface area contributed by atoms with Gasteiger partial charge >= 0.3 is 5.97 Å². The number of rotatable bonds is 7. The molecule has 0 fully saturated rings. The zero-order chi connectivity index (χ0) is 23.4. The molecule has 0 spiro atoms. The molecule has 0 aromatic heterocycles. The monoisotopic (exact) mass is 441 g/mol. The highest BCUT2D eigenvalue weighted by Crippen LogP contribution is 2.29. The highest BCUT2D eigenvalue weighted by Gasteiger charge is 2.25. The van der Waals surface area contributed by atoms with Crippen molar-refractivity contribution in [3.8, 4) is 0 Å². The first kappa shape index (κ1) is 22.2. The highest BCUT2D eigenvalue weighted by atomic mass is 16.5. The average molecular weight is 441 g/mol. The predicted molar refractivity (Wildman–Crippen MR) is 125 cm³/mol. The van der Waals surface area contributed by atoms with Crippen molar-refractivity contribution in [2.75, 3.05) is 13.7 Å². The number of esters is 1. The zero-order valence-electron chi connectivity index (χ0n) is 18.1. The maximum atomic E-state index is 12.1. The Morgan fingerprint density at radius 3 is 2.33 bits per heavy atom. The number of imide groups is 1. The number of fused-ring (bicyclic) bond motifs is 1. The van der Waals surface area contributed by atoms with Crippen LogP contribution in [0.4, 0.5) is 0 Å². The topological polar surface area (TPSA) is 83.9 Å². The van der Waals surface area contributed by atoms with Crippen molar-refractivity contribution in [1.29, 1.82) is 0 Å². The molecule has 0 bridgehead atoms. The molecular weight excluding hydrogens is 418 g/mol. The van der Waals surface area contributed by atoms with Crippen LogP contribution in [0.5, 0.6) is 0 Å². The summed E-state index contributed by atoms with van der Waals surface area (Å²) in [4.78, 5) is 37.1. The van der Waals surface area contributed by atoms with Crippen molar-refractivity contribution in [2.24, 2.45) is 0 Å². The molecule has 1 unspecified atom stereocenters. The van der Waals surface area contributed by atoms with Gasteiger partial charge in [0.25, 0.3) is 11.8 Å². The Morgan fingerprint density at radius 1 is 0.970 bits per heavy atom. The van der Waals surface area contributed by atoms with Crippen molar-refractivity contribution >= 4 is 34.6 Å². The molecule has 1 aliphatic heterocycles. The standard InChI is InChI=1S/C27H23NO5/c1-33-27(32)21-11-9-18(10-12-21)15-19(17-28-25(30)13-14-26(28)31)16-24(29)23-8-4-6-20-5-2-3-7-22(20)23/h2-15,24,29H,16-17H2,1H3. The number of methoxy groups -OCH3 is 1. The zero-order valence-corrected chi connectivity index (χ0v) is 18.1. The third kappa shape index (κ3) is 4.91. The number of hydrogen-bond acceptors (Lipinski definition) is 5. The van der Waals surface area contributed by atoms with E-state index in [-0.39, 0.29) is 24.8 Å². The second-order valence-corrected chi connectivity index (χ2v) is 7.80. The average Bonchev–Trinajstić information content (AvgIpc) is 3.15. The van der Waals surface area contributed by atoms with E-state index in [0.717, 1.165) is 26.8 Å². The molecule has 6 heteroatoms. The molecule has 0 aliphatic carbocycles. The molecule has 3 aromatic rings. The summed E-state index contributed by atoms with van der Waals surface area (Å²) < 4.78 is 4.73. The third-order valence-corrected chi connectivity index (χ3v) is 5.60. The molecule has 166 valence electrons. The fourth-order valence-corrected chi connectivity index (χ4v) is 3.93. The summed E-state index contributed by atoms with van der Waals surface area (Å²) in [5, 5.41) is 13.1. The van der Waals surface area contributed by atoms with E-state index in [1.54, 1.807) is 24.3 Å². The van der Waals surface area contributed by atoms with Crippen LogP contribution >= 0.6 is 0 Å². The van der Waals surface area contributed by atoms with E-state index >= 15 is 0 Å². The van der Waals surface area contributed by atoms with Crippen molar-refractivity contribution in [3.05, 3.63) is 101 Å². The molecule has 1 aliphatic rings. The number of ether oxygens (including phenoxy) is 1. The van der Waals surface area contributed by atoms with E-state index in [4.69, 9.17) is 4.74 Å². The molecule has 4 rings (SSSR count). The van der Waals surface area contributed by atoms with Crippen LogP contribution in [0.1, 0.15) is 34.0 Å². The van der Waals surface area contributed by atoms with Crippen LogP contribution in [0.25, 0.3) is 16.8 Å². The summed E-state index contributed by atoms with van der Waals surface area (Å²) in [6.07, 6.45) is 3.70. The molecule has 33 heavy (non-hydrogen) atoms. The van der Waals surface area contributed by atoms with Gasteiger partial charge in [-0.3, -0.25) is 14.5 Å². The molecule has 0 saturated heterocycles. The fraction of sp³-hybridized carbons (Fsp3) is 0.148. The minimum Gasteiger partial charge on any atom is -0.465 e. The smallest absolute Gasteiger partial charge is 0.337 e. The van der Waals surface area contributed by atoms with E-state index in [0.29, 0.717) is 11.1 Å². The summed E-state index contributed by atoms with van der Waals surface area (Å²) in [6.45, 7) is 0.0608. The second kappa shape index (κ2) is 9.63. The number of hydrogen-bond donors (Lipinski definition) is 1. The van der Waals surface area contributed by atoms with Gasteiger partial charge in [-0.05, 0) is 39.6 Å². The van der Waals surface area contributed by atoms with E-state index < -0.39 is 12.1 Å². The van der Waals surface area contributed by atoms with Gasteiger partial charge in [0.05, 0.1) is 25.3 Å². The van der Waals surface area contributed by atoms with Crippen LogP contribution in [-0.2, 0) is 14.3 Å². The Labute approximate surface area is 191 Å². The van der Waals surface area contributed by atoms with Gasteiger partial charge in [0.15, 0.2) is 0 Å². The lowest BCUT2D eigenvalue weighted by Crippen LogP contribution is -2.32. The first-order chi connectivity index (χ1) is 16.0. The molecule has 2 amide bonds. The van der Waals surface area contributed by atoms with Crippen LogP contribution in [-0.4, -0.2) is 41.4 Å². The molecule has 1 atom stereocenters. The van der Waals surface area contributed by atoms with E-state index in [1.165, 1.54) is 19.3 Å². The maximum absolute atomic E-state index is 12.1. The van der Waals surface area contributed by atoms with Crippen LogP contribution in [0.15, 0.2) is 84.5 Å². The highest BCUT2D eigenvalue weighted by molar-refractivity contribution is 6.13. The summed E-state index contributed by atoms with van der Waals surface area (Å²) >= 11 is 0. The van der Waals surface area contributed by atoms with Gasteiger partial charge in [-0.2, -0.15) is 0 Å². The van der Waals surface area contributed by atoms with Crippen LogP contribution in [0.3, 0.4) is 0 Å². The Kier molecular flexibility index (Phi) is 6.47. The number of carbonyl (C=O) groups excluding carboxylic acids is 3. The van der Waals surface area contributed by atoms with Gasteiger partial charge < -0.3 is 9.84 Å². The van der Waals surface area contributed by atoms with Crippen LogP contribution in [0.2, 0.25) is 0 Å². The number of aliphatic hydroxyl groups is 1. The van der Waals surface area contributed by atoms with Crippen LogP contribution < -0.4 is 0 Å². The fourth-order valence-electron chi connectivity index (χ4n) is 3.93. The number of carbonyl (C=O) groups is 3. The summed E-state index contributed by atoms with van der Waals surface area (Å²) in [5.74, 6) is -1.20. The van der Waals surface area contributed by atoms with Crippen molar-refractivity contribution in [1.82, 2.24) is 4.90 Å². The predicted octanol–water partition coefficient (Wildman–Crippen LogP) is 4.06. The number of aliphatic hydroxyl groups excluding tert-OH is 1. The van der Waals surface area contributed by atoms with E-state index in [9.17, 15) is 19.5 Å². The third-order valence-electron chi connectivity index (χ3n) is 5.60. The molecule has 1 heterocycles. The van der Waals surface area contributed by atoms with Gasteiger partial charge in [0.1, 0.15) is 0 Å². The first-order valence-electron chi connectivity index (χ1n) is 10.5. The maximum Gasteiger partial charge on any atom is 0.337 e. The Hall–Kier alpha value is -4.03. The lowest BCUT2D eigenvalue weighted by Gasteiger charge is -2.20. The normalized spacial score (nSPS) is 14.7. The minimum absolute atomic E-state index is 0.0608. The minimum atomic E-state index is -0.836. The van der Waals surface area contributed by atoms with Crippen molar-refractivity contribution in [3.63, 3.8) is 0 Å². The Balaban J connectivity index is 1.65. The lowest BCUT2D eigenvalue weighted by atomic mass is 9.95. The first-order valence-corrected chi connectivity index (χ1v) is 10.5. The van der Waals surface area contributed by atoms with Gasteiger partial charge in [0.2, 0.25) is 0 Å². The number of nitrogens with zero attached hydrogens (tertiary/aromatic N) is 1. The molecular formula is C27H23NO5. The SMILES string of the molecule is COC(=O)c1ccc(C=C(CC(O)c2cccc3ccccc23)CN2C(=O)C=CC2=O)cc1. The van der Waals surface area contributed by atoms with Gasteiger partial charge in [-0.1, -0.05) is 60.7 Å².